The molecule has 0 fully saturated rings. The van der Waals surface area contributed by atoms with Crippen LogP contribution >= 0.6 is 0 Å². The van der Waals surface area contributed by atoms with Gasteiger partial charge in [-0.15, -0.1) is 0 Å². The fourth-order valence-corrected chi connectivity index (χ4v) is 3.39. The molecule has 0 aliphatic carbocycles. The molecule has 1 aliphatic rings. The SMILES string of the molecule is COc1cc(C(=O)O[C@@H](C)C(=O)N2CCc3ccccc3C2)ccc1OCC(C)C. The summed E-state index contributed by atoms with van der Waals surface area (Å²) in [5, 5.41) is 0. The molecule has 6 heteroatoms. The van der Waals surface area contributed by atoms with Gasteiger partial charge in [0.1, 0.15) is 0 Å². The van der Waals surface area contributed by atoms with Gasteiger partial charge in [0.25, 0.3) is 5.91 Å². The number of esters is 1. The third kappa shape index (κ3) is 5.12. The number of fused-ring (bicyclic) bond motifs is 1. The molecular formula is C24H29NO5. The molecule has 1 atom stereocenters. The molecule has 0 saturated heterocycles. The Kier molecular flexibility index (Phi) is 6.98. The van der Waals surface area contributed by atoms with E-state index in [2.05, 4.69) is 19.9 Å². The third-order valence-corrected chi connectivity index (χ3v) is 5.05. The topological polar surface area (TPSA) is 65.1 Å². The molecule has 1 aliphatic heterocycles. The van der Waals surface area contributed by atoms with E-state index in [4.69, 9.17) is 14.2 Å². The van der Waals surface area contributed by atoms with Gasteiger partial charge in [0.2, 0.25) is 0 Å². The Morgan fingerprint density at radius 2 is 1.77 bits per heavy atom. The van der Waals surface area contributed by atoms with Crippen molar-refractivity contribution in [2.75, 3.05) is 20.3 Å². The molecule has 0 N–H and O–H groups in total. The number of carbonyl (C=O) groups is 2. The zero-order valence-electron chi connectivity index (χ0n) is 18.0. The number of benzene rings is 2. The Bertz CT molecular complexity index is 908. The van der Waals surface area contributed by atoms with E-state index in [1.54, 1.807) is 30.0 Å². The zero-order valence-corrected chi connectivity index (χ0v) is 18.0. The molecule has 0 saturated carbocycles. The van der Waals surface area contributed by atoms with E-state index in [0.717, 1.165) is 12.0 Å². The summed E-state index contributed by atoms with van der Waals surface area (Å²) in [6.45, 7) is 7.41. The molecule has 0 unspecified atom stereocenters. The van der Waals surface area contributed by atoms with Crippen molar-refractivity contribution in [3.63, 3.8) is 0 Å². The van der Waals surface area contributed by atoms with Gasteiger partial charge in [0.15, 0.2) is 17.6 Å². The Labute approximate surface area is 177 Å². The highest BCUT2D eigenvalue weighted by Gasteiger charge is 2.27. The number of rotatable bonds is 7. The predicted octanol–water partition coefficient (Wildman–Crippen LogP) is 3.86. The minimum Gasteiger partial charge on any atom is -0.493 e. The second-order valence-electron chi connectivity index (χ2n) is 7.90. The summed E-state index contributed by atoms with van der Waals surface area (Å²) in [6.07, 6.45) is -0.0666. The Hall–Kier alpha value is -3.02. The van der Waals surface area contributed by atoms with Gasteiger partial charge < -0.3 is 19.1 Å². The van der Waals surface area contributed by atoms with Crippen LogP contribution in [0.3, 0.4) is 0 Å². The number of nitrogens with zero attached hydrogens (tertiary/aromatic N) is 1. The lowest BCUT2D eigenvalue weighted by molar-refractivity contribution is -0.140. The van der Waals surface area contributed by atoms with E-state index in [9.17, 15) is 9.59 Å². The van der Waals surface area contributed by atoms with Gasteiger partial charge in [-0.25, -0.2) is 4.79 Å². The number of carbonyl (C=O) groups excluding carboxylic acids is 2. The van der Waals surface area contributed by atoms with E-state index in [1.807, 2.05) is 18.2 Å². The van der Waals surface area contributed by atoms with Crippen molar-refractivity contribution in [1.29, 1.82) is 0 Å². The molecular weight excluding hydrogens is 382 g/mol. The maximum Gasteiger partial charge on any atom is 0.339 e. The summed E-state index contributed by atoms with van der Waals surface area (Å²) in [7, 11) is 1.52. The van der Waals surface area contributed by atoms with Crippen molar-refractivity contribution in [3.8, 4) is 11.5 Å². The monoisotopic (exact) mass is 411 g/mol. The molecule has 160 valence electrons. The van der Waals surface area contributed by atoms with Gasteiger partial charge in [-0.3, -0.25) is 4.79 Å². The van der Waals surface area contributed by atoms with Crippen molar-refractivity contribution >= 4 is 11.9 Å². The quantitative estimate of drug-likeness (QED) is 0.648. The average molecular weight is 411 g/mol. The summed E-state index contributed by atoms with van der Waals surface area (Å²) in [6, 6.07) is 13.0. The van der Waals surface area contributed by atoms with Crippen LogP contribution in [0.5, 0.6) is 11.5 Å². The van der Waals surface area contributed by atoms with E-state index in [1.165, 1.54) is 12.7 Å². The molecule has 0 radical (unpaired) electrons. The lowest BCUT2D eigenvalue weighted by Crippen LogP contribution is -2.42. The first-order chi connectivity index (χ1) is 14.4. The molecule has 30 heavy (non-hydrogen) atoms. The largest absolute Gasteiger partial charge is 0.493 e. The van der Waals surface area contributed by atoms with Crippen LogP contribution in [0.2, 0.25) is 0 Å². The Morgan fingerprint density at radius 3 is 2.47 bits per heavy atom. The van der Waals surface area contributed by atoms with E-state index in [-0.39, 0.29) is 5.91 Å². The van der Waals surface area contributed by atoms with Crippen LogP contribution in [0, 0.1) is 5.92 Å². The number of amides is 1. The Morgan fingerprint density at radius 1 is 1.03 bits per heavy atom. The molecule has 2 aromatic rings. The van der Waals surface area contributed by atoms with Crippen molar-refractivity contribution < 1.29 is 23.8 Å². The zero-order chi connectivity index (χ0) is 21.7. The second kappa shape index (κ2) is 9.65. The van der Waals surface area contributed by atoms with E-state index < -0.39 is 12.1 Å². The fraction of sp³-hybridized carbons (Fsp3) is 0.417. The molecule has 0 spiro atoms. The van der Waals surface area contributed by atoms with Gasteiger partial charge in [-0.1, -0.05) is 38.1 Å². The van der Waals surface area contributed by atoms with Gasteiger partial charge in [0, 0.05) is 13.1 Å². The van der Waals surface area contributed by atoms with Crippen LogP contribution in [-0.4, -0.2) is 43.1 Å². The summed E-state index contributed by atoms with van der Waals surface area (Å²) in [5.41, 5.74) is 2.71. The van der Waals surface area contributed by atoms with Crippen molar-refractivity contribution in [2.24, 2.45) is 5.92 Å². The summed E-state index contributed by atoms with van der Waals surface area (Å²) in [5.74, 6) is 0.632. The molecule has 0 aromatic heterocycles. The van der Waals surface area contributed by atoms with Crippen LogP contribution < -0.4 is 9.47 Å². The minimum atomic E-state index is -0.870. The van der Waals surface area contributed by atoms with E-state index in [0.29, 0.717) is 42.7 Å². The summed E-state index contributed by atoms with van der Waals surface area (Å²) in [4.78, 5) is 27.1. The van der Waals surface area contributed by atoms with Crippen molar-refractivity contribution in [1.82, 2.24) is 4.90 Å². The average Bonchev–Trinajstić information content (AvgIpc) is 2.76. The van der Waals surface area contributed by atoms with Crippen LogP contribution in [0.25, 0.3) is 0 Å². The fourth-order valence-electron chi connectivity index (χ4n) is 3.39. The van der Waals surface area contributed by atoms with Crippen LogP contribution in [0.15, 0.2) is 42.5 Å². The van der Waals surface area contributed by atoms with Gasteiger partial charge >= 0.3 is 5.97 Å². The van der Waals surface area contributed by atoms with Crippen LogP contribution in [0.1, 0.15) is 42.3 Å². The summed E-state index contributed by atoms with van der Waals surface area (Å²) >= 11 is 0. The van der Waals surface area contributed by atoms with E-state index >= 15 is 0 Å². The molecule has 2 aromatic carbocycles. The van der Waals surface area contributed by atoms with Crippen LogP contribution in [-0.2, 0) is 22.5 Å². The number of methoxy groups -OCH3 is 1. The lowest BCUT2D eigenvalue weighted by Gasteiger charge is -2.30. The first-order valence-corrected chi connectivity index (χ1v) is 10.3. The van der Waals surface area contributed by atoms with Crippen molar-refractivity contribution in [3.05, 3.63) is 59.2 Å². The van der Waals surface area contributed by atoms with Gasteiger partial charge in [-0.2, -0.15) is 0 Å². The van der Waals surface area contributed by atoms with Crippen molar-refractivity contribution in [2.45, 2.75) is 39.8 Å². The number of hydrogen-bond acceptors (Lipinski definition) is 5. The highest BCUT2D eigenvalue weighted by molar-refractivity contribution is 5.93. The number of hydrogen-bond donors (Lipinski definition) is 0. The second-order valence-corrected chi connectivity index (χ2v) is 7.90. The normalized spacial score (nSPS) is 14.1. The molecule has 6 nitrogen and oxygen atoms in total. The predicted molar refractivity (Wildman–Crippen MR) is 114 cm³/mol. The summed E-state index contributed by atoms with van der Waals surface area (Å²) < 4.78 is 16.5. The lowest BCUT2D eigenvalue weighted by atomic mass is 9.99. The maximum atomic E-state index is 12.8. The smallest absolute Gasteiger partial charge is 0.339 e. The molecule has 0 bridgehead atoms. The highest BCUT2D eigenvalue weighted by Crippen LogP contribution is 2.29. The first kappa shape index (κ1) is 21.7. The number of ether oxygens (including phenoxy) is 3. The van der Waals surface area contributed by atoms with Crippen LogP contribution in [0.4, 0.5) is 0 Å². The first-order valence-electron chi connectivity index (χ1n) is 10.3. The van der Waals surface area contributed by atoms with Gasteiger partial charge in [0.05, 0.1) is 19.3 Å². The minimum absolute atomic E-state index is 0.193. The standard InChI is InChI=1S/C24H29NO5/c1-16(2)15-29-21-10-9-19(13-22(21)28-4)24(27)30-17(3)23(26)25-12-11-18-7-5-6-8-20(18)14-25/h5-10,13,16-17H,11-12,14-15H2,1-4H3/t17-/m0/s1. The highest BCUT2D eigenvalue weighted by atomic mass is 16.5. The maximum absolute atomic E-state index is 12.8. The molecule has 3 rings (SSSR count). The molecule has 1 heterocycles. The molecule has 1 amide bonds. The Balaban J connectivity index is 1.63. The third-order valence-electron chi connectivity index (χ3n) is 5.05. The van der Waals surface area contributed by atoms with Gasteiger partial charge in [-0.05, 0) is 48.6 Å².